The Morgan fingerprint density at radius 1 is 0.818 bits per heavy atom. The van der Waals surface area contributed by atoms with Crippen molar-refractivity contribution in [2.75, 3.05) is 9.44 Å². The van der Waals surface area contributed by atoms with Gasteiger partial charge in [-0.2, -0.15) is 8.42 Å². The van der Waals surface area contributed by atoms with Crippen LogP contribution in [0.2, 0.25) is 5.02 Å². The molecule has 0 aliphatic heterocycles. The van der Waals surface area contributed by atoms with Gasteiger partial charge < -0.3 is 8.97 Å². The maximum absolute atomic E-state index is 12.9. The quantitative estimate of drug-likeness (QED) is 0.305. The second kappa shape index (κ2) is 8.80. The summed E-state index contributed by atoms with van der Waals surface area (Å²) in [5.41, 5.74) is 0.0326. The molecule has 0 aliphatic rings. The van der Waals surface area contributed by atoms with Crippen LogP contribution in [-0.4, -0.2) is 25.6 Å². The van der Waals surface area contributed by atoms with Crippen molar-refractivity contribution in [1.29, 1.82) is 0 Å². The molecule has 1 unspecified atom stereocenters. The van der Waals surface area contributed by atoms with Gasteiger partial charge in [-0.25, -0.2) is 12.6 Å². The fourth-order valence-corrected chi connectivity index (χ4v) is 6.35. The van der Waals surface area contributed by atoms with Crippen molar-refractivity contribution in [2.24, 2.45) is 0 Å². The van der Waals surface area contributed by atoms with Gasteiger partial charge in [0, 0.05) is 16.5 Å². The van der Waals surface area contributed by atoms with Crippen LogP contribution in [0.1, 0.15) is 0 Å². The van der Waals surface area contributed by atoms with E-state index < -0.39 is 36.0 Å². The lowest BCUT2D eigenvalue weighted by Gasteiger charge is -2.15. The van der Waals surface area contributed by atoms with Crippen molar-refractivity contribution in [1.82, 2.24) is 0 Å². The zero-order valence-corrected chi connectivity index (χ0v) is 19.6. The predicted octanol–water partition coefficient (Wildman–Crippen LogP) is 4.27. The van der Waals surface area contributed by atoms with Crippen LogP contribution in [0.3, 0.4) is 0 Å². The van der Waals surface area contributed by atoms with Crippen molar-refractivity contribution in [3.63, 3.8) is 0 Å². The number of benzene rings is 3. The number of sulfonamides is 2. The first-order chi connectivity index (χ1) is 15.6. The van der Waals surface area contributed by atoms with Gasteiger partial charge in [0.25, 0.3) is 20.0 Å². The second-order valence-electron chi connectivity index (χ2n) is 6.70. The standard InChI is InChI=1S/C20H15ClN2O7S3/c21-14-9-10-15(22-32(26,27)19-8-4-3-7-18(19)31(24)25)16(12-14)23-33(28,29)20-11-13-5-1-2-6-17(13)30-20/h1-12,22-23H,(H,24,25). The Kier molecular flexibility index (Phi) is 6.20. The van der Waals surface area contributed by atoms with Crippen molar-refractivity contribution < 1.29 is 30.0 Å². The number of anilines is 2. The molecule has 33 heavy (non-hydrogen) atoms. The minimum absolute atomic E-state index is 0.136. The van der Waals surface area contributed by atoms with Crippen LogP contribution >= 0.6 is 11.6 Å². The molecular weight excluding hydrogens is 512 g/mol. The molecule has 1 atom stereocenters. The number of halogens is 1. The van der Waals surface area contributed by atoms with Crippen LogP contribution in [0.4, 0.5) is 11.4 Å². The lowest BCUT2D eigenvalue weighted by Crippen LogP contribution is -2.18. The van der Waals surface area contributed by atoms with E-state index in [1.165, 1.54) is 42.5 Å². The summed E-state index contributed by atoms with van der Waals surface area (Å²) in [4.78, 5) is -0.768. The maximum atomic E-state index is 12.9. The minimum Gasteiger partial charge on any atom is -0.443 e. The summed E-state index contributed by atoms with van der Waals surface area (Å²) < 4.78 is 82.6. The van der Waals surface area contributed by atoms with E-state index in [1.54, 1.807) is 24.3 Å². The van der Waals surface area contributed by atoms with E-state index in [-0.39, 0.29) is 26.4 Å². The topological polar surface area (TPSA) is 143 Å². The van der Waals surface area contributed by atoms with Gasteiger partial charge >= 0.3 is 0 Å². The number of rotatable bonds is 7. The summed E-state index contributed by atoms with van der Waals surface area (Å²) in [6, 6.07) is 17.0. The molecule has 13 heteroatoms. The Hall–Kier alpha value is -2.90. The predicted molar refractivity (Wildman–Crippen MR) is 125 cm³/mol. The largest absolute Gasteiger partial charge is 0.443 e. The van der Waals surface area contributed by atoms with Crippen molar-refractivity contribution in [3.8, 4) is 0 Å². The van der Waals surface area contributed by atoms with Crippen molar-refractivity contribution in [2.45, 2.75) is 14.9 Å². The molecule has 9 nitrogen and oxygen atoms in total. The molecule has 0 amide bonds. The van der Waals surface area contributed by atoms with Gasteiger partial charge in [0.1, 0.15) is 10.5 Å². The highest BCUT2D eigenvalue weighted by Crippen LogP contribution is 2.32. The molecule has 3 aromatic carbocycles. The molecule has 0 spiro atoms. The monoisotopic (exact) mass is 526 g/mol. The third-order valence-corrected chi connectivity index (χ3v) is 8.20. The summed E-state index contributed by atoms with van der Waals surface area (Å²) >= 11 is 3.44. The first kappa shape index (κ1) is 23.3. The molecule has 0 saturated carbocycles. The maximum Gasteiger partial charge on any atom is 0.295 e. The Morgan fingerprint density at radius 2 is 1.48 bits per heavy atom. The van der Waals surface area contributed by atoms with Crippen LogP contribution in [0.15, 0.2) is 92.1 Å². The summed E-state index contributed by atoms with van der Waals surface area (Å²) in [6.45, 7) is 0. The zero-order valence-electron chi connectivity index (χ0n) is 16.4. The highest BCUT2D eigenvalue weighted by molar-refractivity contribution is 7.93. The van der Waals surface area contributed by atoms with Gasteiger partial charge in [-0.1, -0.05) is 41.9 Å². The first-order valence-corrected chi connectivity index (χ1v) is 13.6. The molecule has 1 heterocycles. The number of fused-ring (bicyclic) bond motifs is 1. The molecule has 0 aliphatic carbocycles. The molecule has 0 saturated heterocycles. The number of para-hydroxylation sites is 1. The molecule has 0 radical (unpaired) electrons. The van der Waals surface area contributed by atoms with Crippen LogP contribution in [0, 0.1) is 0 Å². The van der Waals surface area contributed by atoms with Crippen LogP contribution in [0.25, 0.3) is 11.0 Å². The molecule has 4 rings (SSSR count). The molecule has 3 N–H and O–H groups in total. The summed E-state index contributed by atoms with van der Waals surface area (Å²) in [5.74, 6) is 0. The molecule has 172 valence electrons. The average molecular weight is 527 g/mol. The first-order valence-electron chi connectivity index (χ1n) is 9.10. The summed E-state index contributed by atoms with van der Waals surface area (Å²) in [6.07, 6.45) is 0. The Balaban J connectivity index is 1.72. The molecule has 0 bridgehead atoms. The summed E-state index contributed by atoms with van der Waals surface area (Å²) in [7, 11) is -8.62. The van der Waals surface area contributed by atoms with E-state index in [0.717, 1.165) is 6.07 Å². The van der Waals surface area contributed by atoms with Gasteiger partial charge in [0.15, 0.2) is 11.1 Å². The number of furan rings is 1. The number of hydrogen-bond donors (Lipinski definition) is 3. The van der Waals surface area contributed by atoms with E-state index in [2.05, 4.69) is 9.44 Å². The summed E-state index contributed by atoms with van der Waals surface area (Å²) in [5, 5.41) is 0.328. The third-order valence-electron chi connectivity index (χ3n) is 4.46. The van der Waals surface area contributed by atoms with E-state index in [1.807, 2.05) is 0 Å². The third kappa shape index (κ3) is 4.89. The fraction of sp³-hybridized carbons (Fsp3) is 0. The van der Waals surface area contributed by atoms with E-state index in [0.29, 0.717) is 11.0 Å². The van der Waals surface area contributed by atoms with Crippen LogP contribution < -0.4 is 9.44 Å². The van der Waals surface area contributed by atoms with Crippen LogP contribution in [-0.2, 0) is 31.1 Å². The van der Waals surface area contributed by atoms with Crippen molar-refractivity contribution in [3.05, 3.63) is 77.8 Å². The van der Waals surface area contributed by atoms with Gasteiger partial charge in [-0.05, 0) is 36.4 Å². The molecule has 0 fully saturated rings. The lowest BCUT2D eigenvalue weighted by molar-refractivity contribution is 0.484. The SMILES string of the molecule is O=S(O)c1ccccc1S(=O)(=O)Nc1ccc(Cl)cc1NS(=O)(=O)c1cc2ccccc2o1. The molecule has 4 aromatic rings. The number of hydrogen-bond acceptors (Lipinski definition) is 6. The average Bonchev–Trinajstić information content (AvgIpc) is 3.21. The lowest BCUT2D eigenvalue weighted by atomic mass is 10.3. The normalized spacial score (nSPS) is 13.0. The van der Waals surface area contributed by atoms with E-state index in [4.69, 9.17) is 16.0 Å². The van der Waals surface area contributed by atoms with Crippen LogP contribution in [0.5, 0.6) is 0 Å². The van der Waals surface area contributed by atoms with Gasteiger partial charge in [-0.3, -0.25) is 9.44 Å². The Labute approximate surface area is 196 Å². The highest BCUT2D eigenvalue weighted by atomic mass is 35.5. The zero-order chi connectivity index (χ0) is 23.8. The van der Waals surface area contributed by atoms with Crippen molar-refractivity contribution >= 4 is 65.1 Å². The van der Waals surface area contributed by atoms with Gasteiger partial charge in [0.2, 0.25) is 5.09 Å². The second-order valence-corrected chi connectivity index (χ2v) is 11.3. The smallest absolute Gasteiger partial charge is 0.295 e. The number of nitrogens with one attached hydrogen (secondary N) is 2. The van der Waals surface area contributed by atoms with E-state index in [9.17, 15) is 25.6 Å². The van der Waals surface area contributed by atoms with Gasteiger partial charge in [-0.15, -0.1) is 0 Å². The van der Waals surface area contributed by atoms with E-state index >= 15 is 0 Å². The highest BCUT2D eigenvalue weighted by Gasteiger charge is 2.25. The fourth-order valence-electron chi connectivity index (χ4n) is 2.99. The Bertz CT molecular complexity index is 1570. The Morgan fingerprint density at radius 3 is 2.21 bits per heavy atom. The van der Waals surface area contributed by atoms with Gasteiger partial charge in [0.05, 0.1) is 16.3 Å². The molecular formula is C20H15ClN2O7S3. The molecule has 1 aromatic heterocycles. The minimum atomic E-state index is -4.37.